The Kier molecular flexibility index (Phi) is 8.35. The Balaban J connectivity index is 1.13. The zero-order chi connectivity index (χ0) is 43.7. The van der Waals surface area contributed by atoms with E-state index in [9.17, 15) is 0 Å². The zero-order valence-corrected chi connectivity index (χ0v) is 37.8. The first-order chi connectivity index (χ1) is 31.7. The van der Waals surface area contributed by atoms with E-state index in [1.807, 2.05) is 0 Å². The summed E-state index contributed by atoms with van der Waals surface area (Å²) in [6.07, 6.45) is 4.44. The van der Waals surface area contributed by atoms with E-state index in [0.29, 0.717) is 12.1 Å². The average molecular weight is 837 g/mol. The second kappa shape index (κ2) is 14.2. The highest BCUT2D eigenvalue weighted by Gasteiger charge is 2.36. The summed E-state index contributed by atoms with van der Waals surface area (Å²) >= 11 is 0. The SMILES string of the molecule is C=C1c2ccccc2-c2ccc(-c3c4ccc(N5c6ccccc6CCC5C)cc4c(-c4ccc5c(c4)C(C)(C)c4ccccc4-5)c4ccc(N5c6ccccc6CCC5C)cc34)cc21. The van der Waals surface area contributed by atoms with Crippen LogP contribution in [0.5, 0.6) is 0 Å². The molecule has 2 aliphatic carbocycles. The van der Waals surface area contributed by atoms with Crippen molar-refractivity contribution in [2.75, 3.05) is 9.80 Å². The van der Waals surface area contributed by atoms with Gasteiger partial charge in [-0.1, -0.05) is 142 Å². The van der Waals surface area contributed by atoms with Crippen LogP contribution in [0.3, 0.4) is 0 Å². The Morgan fingerprint density at radius 3 is 1.52 bits per heavy atom. The maximum Gasteiger partial charge on any atom is 0.0445 e. The largest absolute Gasteiger partial charge is 0.338 e. The quantitative estimate of drug-likeness (QED) is 0.163. The third-order valence-corrected chi connectivity index (χ3v) is 15.7. The van der Waals surface area contributed by atoms with Gasteiger partial charge in [0, 0.05) is 40.2 Å². The maximum atomic E-state index is 4.69. The van der Waals surface area contributed by atoms with Crippen molar-refractivity contribution in [3.63, 3.8) is 0 Å². The predicted octanol–water partition coefficient (Wildman–Crippen LogP) is 16.6. The van der Waals surface area contributed by atoms with Crippen LogP contribution in [0.15, 0.2) is 176 Å². The van der Waals surface area contributed by atoms with E-state index in [1.165, 1.54) is 122 Å². The molecular weight excluding hydrogens is 785 g/mol. The fraction of sp³-hybridized carbons (Fsp3) is 0.175. The van der Waals surface area contributed by atoms with E-state index in [-0.39, 0.29) is 5.41 Å². The number of fused-ring (bicyclic) bond motifs is 10. The molecule has 2 heteroatoms. The lowest BCUT2D eigenvalue weighted by atomic mass is 9.80. The van der Waals surface area contributed by atoms with Gasteiger partial charge in [0.15, 0.2) is 0 Å². The lowest BCUT2D eigenvalue weighted by Gasteiger charge is -2.38. The van der Waals surface area contributed by atoms with E-state index in [2.05, 4.69) is 214 Å². The number of rotatable bonds is 4. The van der Waals surface area contributed by atoms with Crippen LogP contribution in [-0.4, -0.2) is 12.1 Å². The fourth-order valence-corrected chi connectivity index (χ4v) is 12.5. The van der Waals surface area contributed by atoms with Gasteiger partial charge >= 0.3 is 0 Å². The van der Waals surface area contributed by atoms with Gasteiger partial charge in [0.05, 0.1) is 0 Å². The fourth-order valence-electron chi connectivity index (χ4n) is 12.5. The molecule has 2 aliphatic heterocycles. The molecule has 0 N–H and O–H groups in total. The van der Waals surface area contributed by atoms with Crippen molar-refractivity contribution in [2.45, 2.75) is 70.9 Å². The van der Waals surface area contributed by atoms with Crippen LogP contribution in [0.2, 0.25) is 0 Å². The number of hydrogen-bond donors (Lipinski definition) is 0. The summed E-state index contributed by atoms with van der Waals surface area (Å²) in [4.78, 5) is 5.20. The normalized spacial score (nSPS) is 17.7. The molecule has 0 saturated heterocycles. The van der Waals surface area contributed by atoms with Crippen molar-refractivity contribution in [3.05, 3.63) is 210 Å². The predicted molar refractivity (Wildman–Crippen MR) is 276 cm³/mol. The molecule has 0 spiro atoms. The molecule has 2 unspecified atom stereocenters. The van der Waals surface area contributed by atoms with E-state index in [1.54, 1.807) is 0 Å². The van der Waals surface area contributed by atoms with Crippen LogP contribution in [0.1, 0.15) is 73.9 Å². The smallest absolute Gasteiger partial charge is 0.0445 e. The number of nitrogens with zero attached hydrogens (tertiary/aromatic N) is 2. The van der Waals surface area contributed by atoms with Gasteiger partial charge in [-0.2, -0.15) is 0 Å². The van der Waals surface area contributed by atoms with Gasteiger partial charge in [-0.25, -0.2) is 0 Å². The molecule has 0 radical (unpaired) electrons. The topological polar surface area (TPSA) is 6.48 Å². The Labute approximate surface area is 383 Å². The highest BCUT2D eigenvalue weighted by molar-refractivity contribution is 6.23. The summed E-state index contributed by atoms with van der Waals surface area (Å²) < 4.78 is 0. The van der Waals surface area contributed by atoms with E-state index in [4.69, 9.17) is 0 Å². The monoisotopic (exact) mass is 836 g/mol. The van der Waals surface area contributed by atoms with Crippen LogP contribution < -0.4 is 9.80 Å². The minimum absolute atomic E-state index is 0.124. The average Bonchev–Trinajstić information content (AvgIpc) is 3.75. The first kappa shape index (κ1) is 38.3. The molecule has 2 heterocycles. The van der Waals surface area contributed by atoms with Crippen LogP contribution in [0, 0.1) is 0 Å². The first-order valence-electron chi connectivity index (χ1n) is 23.7. The van der Waals surface area contributed by atoms with Gasteiger partial charge in [0.25, 0.3) is 0 Å². The molecule has 0 amide bonds. The summed E-state index contributed by atoms with van der Waals surface area (Å²) in [5.74, 6) is 0. The van der Waals surface area contributed by atoms with Crippen LogP contribution in [-0.2, 0) is 18.3 Å². The van der Waals surface area contributed by atoms with Gasteiger partial charge in [0.2, 0.25) is 0 Å². The molecule has 2 nitrogen and oxygen atoms in total. The third-order valence-electron chi connectivity index (χ3n) is 15.7. The maximum absolute atomic E-state index is 4.69. The standard InChI is InChI=1S/C63H52N2/c1-38-22-24-41-14-6-12-20-59(41)64(38)45-29-33-53-55(36-45)61(43-26-30-49-48-17-9-8-16-47(48)40(3)54(49)34-43)52-32-28-46(65-39(2)23-25-42-15-7-13-21-60(42)65)37-56(52)62(53)44-27-31-51-50-18-10-11-19-57(50)63(4,5)58(51)35-44/h6-21,26-39H,3,22-25H2,1-2,4-5H3. The summed E-state index contributed by atoms with van der Waals surface area (Å²) in [6, 6.07) is 65.8. The molecular formula is C63H52N2. The minimum atomic E-state index is -0.124. The third kappa shape index (κ3) is 5.59. The van der Waals surface area contributed by atoms with Crippen LogP contribution >= 0.6 is 0 Å². The van der Waals surface area contributed by atoms with Gasteiger partial charge < -0.3 is 9.80 Å². The Bertz CT molecular complexity index is 3490. The van der Waals surface area contributed by atoms with E-state index < -0.39 is 0 Å². The Morgan fingerprint density at radius 1 is 0.431 bits per heavy atom. The first-order valence-corrected chi connectivity index (χ1v) is 23.7. The molecule has 314 valence electrons. The number of benzene rings is 9. The van der Waals surface area contributed by atoms with Crippen molar-refractivity contribution >= 4 is 49.9 Å². The highest BCUT2D eigenvalue weighted by Crippen LogP contribution is 2.54. The summed E-state index contributed by atoms with van der Waals surface area (Å²) in [5.41, 5.74) is 24.5. The Morgan fingerprint density at radius 2 is 0.908 bits per heavy atom. The highest BCUT2D eigenvalue weighted by atomic mass is 15.2. The lowest BCUT2D eigenvalue weighted by Crippen LogP contribution is -2.33. The number of anilines is 4. The molecule has 9 aromatic carbocycles. The molecule has 4 aliphatic rings. The molecule has 0 fully saturated rings. The van der Waals surface area contributed by atoms with Crippen molar-refractivity contribution < 1.29 is 0 Å². The molecule has 2 atom stereocenters. The number of aryl methyl sites for hydroxylation is 2. The molecule has 13 rings (SSSR count). The molecule has 9 aromatic rings. The van der Waals surface area contributed by atoms with Crippen molar-refractivity contribution in [1.29, 1.82) is 0 Å². The van der Waals surface area contributed by atoms with Gasteiger partial charge in [-0.05, 0) is 193 Å². The van der Waals surface area contributed by atoms with E-state index >= 15 is 0 Å². The van der Waals surface area contributed by atoms with Gasteiger partial charge in [-0.15, -0.1) is 0 Å². The van der Waals surface area contributed by atoms with Crippen molar-refractivity contribution in [2.24, 2.45) is 0 Å². The lowest BCUT2D eigenvalue weighted by molar-refractivity contribution is 0.618. The molecule has 65 heavy (non-hydrogen) atoms. The van der Waals surface area contributed by atoms with E-state index in [0.717, 1.165) is 31.3 Å². The molecule has 0 bridgehead atoms. The van der Waals surface area contributed by atoms with Crippen LogP contribution in [0.25, 0.3) is 71.6 Å². The van der Waals surface area contributed by atoms with Crippen molar-refractivity contribution in [3.8, 4) is 44.5 Å². The summed E-state index contributed by atoms with van der Waals surface area (Å²) in [6.45, 7) is 14.3. The second-order valence-electron chi connectivity index (χ2n) is 19.7. The number of hydrogen-bond acceptors (Lipinski definition) is 2. The Hall–Kier alpha value is -7.16. The van der Waals surface area contributed by atoms with Gasteiger partial charge in [-0.3, -0.25) is 0 Å². The van der Waals surface area contributed by atoms with Crippen LogP contribution in [0.4, 0.5) is 22.7 Å². The summed E-state index contributed by atoms with van der Waals surface area (Å²) in [5, 5.41) is 5.09. The number of para-hydroxylation sites is 2. The molecule has 0 saturated carbocycles. The summed E-state index contributed by atoms with van der Waals surface area (Å²) in [7, 11) is 0. The second-order valence-corrected chi connectivity index (χ2v) is 19.7. The molecule has 0 aromatic heterocycles. The zero-order valence-electron chi connectivity index (χ0n) is 37.8. The minimum Gasteiger partial charge on any atom is -0.338 e. The van der Waals surface area contributed by atoms with Gasteiger partial charge in [0.1, 0.15) is 0 Å². The van der Waals surface area contributed by atoms with Crippen molar-refractivity contribution in [1.82, 2.24) is 0 Å².